The van der Waals surface area contributed by atoms with Crippen molar-refractivity contribution in [3.8, 4) is 0 Å². The van der Waals surface area contributed by atoms with Crippen molar-refractivity contribution in [2.24, 2.45) is 0 Å². The summed E-state index contributed by atoms with van der Waals surface area (Å²) in [6.45, 7) is 4.36. The Balaban J connectivity index is 1.66. The number of unbranched alkanes of at least 4 members (excludes halogenated alkanes) is 2. The van der Waals surface area contributed by atoms with Gasteiger partial charge in [-0.25, -0.2) is 4.79 Å². The normalized spacial score (nSPS) is 33.5. The minimum absolute atomic E-state index is 0.0671. The summed E-state index contributed by atoms with van der Waals surface area (Å²) < 4.78 is 11.8. The molecule has 0 spiro atoms. The van der Waals surface area contributed by atoms with Crippen LogP contribution in [-0.2, 0) is 9.47 Å². The summed E-state index contributed by atoms with van der Waals surface area (Å²) in [7, 11) is 0. The second-order valence-corrected chi connectivity index (χ2v) is 6.48. The average Bonchev–Trinajstić information content (AvgIpc) is 3.01. The van der Waals surface area contributed by atoms with Crippen LogP contribution in [-0.4, -0.2) is 23.3 Å². The van der Waals surface area contributed by atoms with Gasteiger partial charge in [-0.1, -0.05) is 44.4 Å². The van der Waals surface area contributed by atoms with Crippen LogP contribution in [0.15, 0.2) is 30.3 Å². The first-order chi connectivity index (χ1) is 10.1. The van der Waals surface area contributed by atoms with E-state index in [0.717, 1.165) is 25.7 Å². The van der Waals surface area contributed by atoms with Crippen molar-refractivity contribution >= 4 is 5.97 Å². The Bertz CT molecular complexity index is 512. The Kier molecular flexibility index (Phi) is 3.78. The minimum Gasteiger partial charge on any atom is -0.456 e. The number of benzene rings is 1. The van der Waals surface area contributed by atoms with E-state index in [-0.39, 0.29) is 23.3 Å². The van der Waals surface area contributed by atoms with Gasteiger partial charge in [0.25, 0.3) is 0 Å². The molecule has 0 amide bonds. The van der Waals surface area contributed by atoms with E-state index in [0.29, 0.717) is 5.56 Å². The molecule has 3 heteroatoms. The highest BCUT2D eigenvalue weighted by Gasteiger charge is 2.74. The zero-order chi connectivity index (χ0) is 14.9. The first kappa shape index (κ1) is 14.6. The lowest BCUT2D eigenvalue weighted by Crippen LogP contribution is -2.34. The van der Waals surface area contributed by atoms with E-state index in [1.54, 1.807) is 12.1 Å². The van der Waals surface area contributed by atoms with Gasteiger partial charge < -0.3 is 9.47 Å². The molecule has 1 aromatic rings. The third kappa shape index (κ3) is 2.48. The fourth-order valence-corrected chi connectivity index (χ4v) is 3.72. The molecule has 2 aliphatic rings. The molecule has 1 aliphatic carbocycles. The molecule has 3 nitrogen and oxygen atoms in total. The van der Waals surface area contributed by atoms with E-state index in [1.807, 2.05) is 18.2 Å². The van der Waals surface area contributed by atoms with Crippen LogP contribution < -0.4 is 0 Å². The van der Waals surface area contributed by atoms with Crippen LogP contribution in [0.2, 0.25) is 0 Å². The van der Waals surface area contributed by atoms with E-state index in [1.165, 1.54) is 12.8 Å². The van der Waals surface area contributed by atoms with Crippen molar-refractivity contribution in [3.05, 3.63) is 35.9 Å². The van der Waals surface area contributed by atoms with Gasteiger partial charge in [0.2, 0.25) is 0 Å². The summed E-state index contributed by atoms with van der Waals surface area (Å²) in [6.07, 6.45) is 6.37. The number of ether oxygens (including phenoxy) is 2. The molecular weight excluding hydrogens is 264 g/mol. The van der Waals surface area contributed by atoms with Gasteiger partial charge >= 0.3 is 5.97 Å². The number of fused-ring (bicyclic) bond motifs is 1. The van der Waals surface area contributed by atoms with E-state index >= 15 is 0 Å². The number of carbonyl (C=O) groups excluding carboxylic acids is 1. The SMILES string of the molecule is CCCCC[C@]12O[C@@]1(C)CC[C@@H]2OC(=O)c1ccccc1. The Morgan fingerprint density at radius 1 is 1.33 bits per heavy atom. The molecule has 1 heterocycles. The molecule has 1 saturated carbocycles. The molecule has 21 heavy (non-hydrogen) atoms. The minimum atomic E-state index is -0.227. The number of hydrogen-bond donors (Lipinski definition) is 0. The quantitative estimate of drug-likeness (QED) is 0.449. The molecule has 0 N–H and O–H groups in total. The van der Waals surface area contributed by atoms with Crippen molar-refractivity contribution in [3.63, 3.8) is 0 Å². The molecule has 1 aliphatic heterocycles. The summed E-state index contributed by atoms with van der Waals surface area (Å²) in [4.78, 5) is 12.3. The second kappa shape index (κ2) is 5.45. The van der Waals surface area contributed by atoms with E-state index in [9.17, 15) is 4.79 Å². The Morgan fingerprint density at radius 3 is 2.76 bits per heavy atom. The Labute approximate surface area is 126 Å². The van der Waals surface area contributed by atoms with Crippen molar-refractivity contribution in [2.45, 2.75) is 69.7 Å². The van der Waals surface area contributed by atoms with Crippen LogP contribution in [0.5, 0.6) is 0 Å². The van der Waals surface area contributed by atoms with Crippen molar-refractivity contribution in [2.75, 3.05) is 0 Å². The molecule has 3 atom stereocenters. The summed E-state index contributed by atoms with van der Waals surface area (Å²) >= 11 is 0. The lowest BCUT2D eigenvalue weighted by Gasteiger charge is -2.21. The standard InChI is InChI=1S/C18H24O3/c1-3-4-8-12-18-15(11-13-17(18,2)21-18)20-16(19)14-9-6-5-7-10-14/h5-7,9-10,15H,3-4,8,11-13H2,1-2H3/t15-,17-,18+/m0/s1. The van der Waals surface area contributed by atoms with Crippen molar-refractivity contribution in [1.82, 2.24) is 0 Å². The number of hydrogen-bond acceptors (Lipinski definition) is 3. The van der Waals surface area contributed by atoms with Crippen molar-refractivity contribution in [1.29, 1.82) is 0 Å². The summed E-state index contributed by atoms with van der Waals surface area (Å²) in [5.41, 5.74) is 0.338. The van der Waals surface area contributed by atoms with Gasteiger partial charge in [-0.05, 0) is 38.3 Å². The summed E-state index contributed by atoms with van der Waals surface area (Å²) in [5, 5.41) is 0. The number of rotatable bonds is 6. The van der Waals surface area contributed by atoms with Crippen LogP contribution in [0, 0.1) is 0 Å². The zero-order valence-electron chi connectivity index (χ0n) is 12.9. The maximum absolute atomic E-state index is 12.3. The van der Waals surface area contributed by atoms with E-state index in [4.69, 9.17) is 9.47 Å². The van der Waals surface area contributed by atoms with Crippen LogP contribution in [0.3, 0.4) is 0 Å². The molecular formula is C18H24O3. The topological polar surface area (TPSA) is 38.8 Å². The van der Waals surface area contributed by atoms with Crippen LogP contribution in [0.1, 0.15) is 62.7 Å². The fourth-order valence-electron chi connectivity index (χ4n) is 3.72. The van der Waals surface area contributed by atoms with Crippen LogP contribution in [0.4, 0.5) is 0 Å². The monoisotopic (exact) mass is 288 g/mol. The Hall–Kier alpha value is -1.35. The predicted molar refractivity (Wildman–Crippen MR) is 81.2 cm³/mol. The van der Waals surface area contributed by atoms with Gasteiger partial charge in [0.05, 0.1) is 11.2 Å². The third-order valence-electron chi connectivity index (χ3n) is 5.08. The zero-order valence-corrected chi connectivity index (χ0v) is 12.9. The molecule has 0 unspecified atom stereocenters. The third-order valence-corrected chi connectivity index (χ3v) is 5.08. The molecule has 3 rings (SSSR count). The van der Waals surface area contributed by atoms with E-state index < -0.39 is 0 Å². The highest BCUT2D eigenvalue weighted by molar-refractivity contribution is 5.89. The predicted octanol–water partition coefficient (Wildman–Crippen LogP) is 4.11. The molecule has 0 aromatic heterocycles. The first-order valence-corrected chi connectivity index (χ1v) is 8.07. The van der Waals surface area contributed by atoms with Crippen LogP contribution >= 0.6 is 0 Å². The maximum Gasteiger partial charge on any atom is 0.338 e. The first-order valence-electron chi connectivity index (χ1n) is 8.07. The summed E-state index contributed by atoms with van der Waals surface area (Å²) in [5.74, 6) is -0.227. The largest absolute Gasteiger partial charge is 0.456 e. The lowest BCUT2D eigenvalue weighted by atomic mass is 9.90. The number of esters is 1. The average molecular weight is 288 g/mol. The van der Waals surface area contributed by atoms with Crippen LogP contribution in [0.25, 0.3) is 0 Å². The van der Waals surface area contributed by atoms with Gasteiger partial charge in [0.15, 0.2) is 0 Å². The smallest absolute Gasteiger partial charge is 0.338 e. The van der Waals surface area contributed by atoms with Gasteiger partial charge in [0, 0.05) is 0 Å². The molecule has 0 bridgehead atoms. The fraction of sp³-hybridized carbons (Fsp3) is 0.611. The number of epoxide rings is 1. The molecule has 1 aromatic carbocycles. The van der Waals surface area contributed by atoms with Gasteiger partial charge in [-0.15, -0.1) is 0 Å². The second-order valence-electron chi connectivity index (χ2n) is 6.48. The highest BCUT2D eigenvalue weighted by Crippen LogP contribution is 2.62. The Morgan fingerprint density at radius 2 is 2.10 bits per heavy atom. The van der Waals surface area contributed by atoms with Crippen molar-refractivity contribution < 1.29 is 14.3 Å². The molecule has 1 saturated heterocycles. The summed E-state index contributed by atoms with van der Waals surface area (Å²) in [6, 6.07) is 9.22. The maximum atomic E-state index is 12.3. The lowest BCUT2D eigenvalue weighted by molar-refractivity contribution is -0.000582. The molecule has 2 fully saturated rings. The molecule has 114 valence electrons. The van der Waals surface area contributed by atoms with Gasteiger partial charge in [0.1, 0.15) is 11.7 Å². The highest BCUT2D eigenvalue weighted by atomic mass is 16.7. The van der Waals surface area contributed by atoms with Gasteiger partial charge in [-0.2, -0.15) is 0 Å². The van der Waals surface area contributed by atoms with Gasteiger partial charge in [-0.3, -0.25) is 0 Å². The number of carbonyl (C=O) groups is 1. The van der Waals surface area contributed by atoms with E-state index in [2.05, 4.69) is 13.8 Å². The molecule has 0 radical (unpaired) electrons.